The van der Waals surface area contributed by atoms with Gasteiger partial charge in [-0.3, -0.25) is 0 Å². The Kier molecular flexibility index (Phi) is 5.48. The van der Waals surface area contributed by atoms with E-state index in [1.54, 1.807) is 6.07 Å². The molecular formula is C17H29FN2O. The highest BCUT2D eigenvalue weighted by Crippen LogP contribution is 2.34. The van der Waals surface area contributed by atoms with Gasteiger partial charge >= 0.3 is 0 Å². The second-order valence-corrected chi connectivity index (χ2v) is 7.46. The van der Waals surface area contributed by atoms with E-state index in [-0.39, 0.29) is 16.7 Å². The lowest BCUT2D eigenvalue weighted by atomic mass is 9.81. The number of nitrogens with one attached hydrogen (secondary N) is 1. The molecule has 0 amide bonds. The first-order valence-electron chi connectivity index (χ1n) is 7.54. The average Bonchev–Trinajstić information content (AvgIpc) is 2.27. The van der Waals surface area contributed by atoms with E-state index in [0.29, 0.717) is 12.3 Å². The SMILES string of the molecule is CCCOc1cc(NC(C)(C)CC(C)(C)C)c(N)cc1F. The molecule has 1 aromatic rings. The molecule has 0 spiro atoms. The molecular weight excluding hydrogens is 267 g/mol. The van der Waals surface area contributed by atoms with Gasteiger partial charge in [-0.1, -0.05) is 27.7 Å². The Balaban J connectivity index is 2.96. The summed E-state index contributed by atoms with van der Waals surface area (Å²) in [7, 11) is 0. The highest BCUT2D eigenvalue weighted by molar-refractivity contribution is 5.69. The van der Waals surface area contributed by atoms with E-state index in [1.807, 2.05) is 6.92 Å². The van der Waals surface area contributed by atoms with Crippen molar-refractivity contribution in [3.05, 3.63) is 17.9 Å². The smallest absolute Gasteiger partial charge is 0.167 e. The Bertz CT molecular complexity index is 478. The summed E-state index contributed by atoms with van der Waals surface area (Å²) in [6.45, 7) is 13.3. The summed E-state index contributed by atoms with van der Waals surface area (Å²) >= 11 is 0. The van der Waals surface area contributed by atoms with Gasteiger partial charge in [-0.2, -0.15) is 0 Å². The summed E-state index contributed by atoms with van der Waals surface area (Å²) in [6.07, 6.45) is 1.80. The van der Waals surface area contributed by atoms with E-state index in [4.69, 9.17) is 10.5 Å². The van der Waals surface area contributed by atoms with Crippen LogP contribution in [0.1, 0.15) is 54.4 Å². The first-order valence-corrected chi connectivity index (χ1v) is 7.54. The lowest BCUT2D eigenvalue weighted by Crippen LogP contribution is -2.35. The van der Waals surface area contributed by atoms with Gasteiger partial charge in [0.15, 0.2) is 11.6 Å². The van der Waals surface area contributed by atoms with Crippen LogP contribution < -0.4 is 15.8 Å². The molecule has 0 fully saturated rings. The molecule has 1 aromatic carbocycles. The van der Waals surface area contributed by atoms with E-state index in [9.17, 15) is 4.39 Å². The molecule has 0 bridgehead atoms. The fourth-order valence-electron chi connectivity index (χ4n) is 2.73. The Hall–Kier alpha value is -1.45. The van der Waals surface area contributed by atoms with Crippen molar-refractivity contribution in [2.45, 2.75) is 59.9 Å². The number of ether oxygens (including phenoxy) is 1. The minimum atomic E-state index is -0.417. The van der Waals surface area contributed by atoms with Crippen molar-refractivity contribution < 1.29 is 9.13 Å². The fraction of sp³-hybridized carbons (Fsp3) is 0.647. The maximum Gasteiger partial charge on any atom is 0.167 e. The second-order valence-electron chi connectivity index (χ2n) is 7.46. The Morgan fingerprint density at radius 3 is 2.33 bits per heavy atom. The number of halogens is 1. The van der Waals surface area contributed by atoms with E-state index in [2.05, 4.69) is 39.9 Å². The van der Waals surface area contributed by atoms with Gasteiger partial charge in [0.1, 0.15) is 0 Å². The van der Waals surface area contributed by atoms with Crippen LogP contribution >= 0.6 is 0 Å². The Morgan fingerprint density at radius 1 is 1.19 bits per heavy atom. The standard InChI is InChI=1S/C17H29FN2O/c1-7-8-21-15-10-14(13(19)9-12(15)18)20-17(5,6)11-16(2,3)4/h9-10,20H,7-8,11,19H2,1-6H3. The number of benzene rings is 1. The summed E-state index contributed by atoms with van der Waals surface area (Å²) in [5.41, 5.74) is 7.09. The van der Waals surface area contributed by atoms with Crippen molar-refractivity contribution in [3.8, 4) is 5.75 Å². The molecule has 0 saturated carbocycles. The minimum absolute atomic E-state index is 0.147. The van der Waals surface area contributed by atoms with Crippen molar-refractivity contribution in [3.63, 3.8) is 0 Å². The van der Waals surface area contributed by atoms with Crippen molar-refractivity contribution in [1.82, 2.24) is 0 Å². The van der Waals surface area contributed by atoms with Crippen LogP contribution in [0.15, 0.2) is 12.1 Å². The van der Waals surface area contributed by atoms with Crippen LogP contribution in [-0.2, 0) is 0 Å². The van der Waals surface area contributed by atoms with E-state index in [1.165, 1.54) is 6.07 Å². The minimum Gasteiger partial charge on any atom is -0.490 e. The zero-order chi connectivity index (χ0) is 16.3. The maximum atomic E-state index is 13.8. The van der Waals surface area contributed by atoms with Crippen LogP contribution in [0.2, 0.25) is 0 Å². The van der Waals surface area contributed by atoms with Gasteiger partial charge in [0.25, 0.3) is 0 Å². The van der Waals surface area contributed by atoms with Gasteiger partial charge in [-0.25, -0.2) is 4.39 Å². The molecule has 3 N–H and O–H groups in total. The quantitative estimate of drug-likeness (QED) is 0.740. The average molecular weight is 296 g/mol. The molecule has 0 aliphatic rings. The third-order valence-corrected chi connectivity index (χ3v) is 3.01. The topological polar surface area (TPSA) is 47.3 Å². The first kappa shape index (κ1) is 17.6. The van der Waals surface area contributed by atoms with Gasteiger partial charge in [-0.15, -0.1) is 0 Å². The summed E-state index contributed by atoms with van der Waals surface area (Å²) in [5.74, 6) is -0.166. The lowest BCUT2D eigenvalue weighted by molar-refractivity contribution is 0.299. The molecule has 21 heavy (non-hydrogen) atoms. The molecule has 0 unspecified atom stereocenters. The molecule has 3 nitrogen and oxygen atoms in total. The van der Waals surface area contributed by atoms with Crippen molar-refractivity contribution in [1.29, 1.82) is 0 Å². The number of rotatable bonds is 6. The molecule has 0 saturated heterocycles. The zero-order valence-electron chi connectivity index (χ0n) is 14.1. The van der Waals surface area contributed by atoms with Crippen molar-refractivity contribution >= 4 is 11.4 Å². The van der Waals surface area contributed by atoms with Crippen LogP contribution in [0, 0.1) is 11.2 Å². The number of anilines is 2. The molecule has 4 heteroatoms. The molecule has 0 atom stereocenters. The Morgan fingerprint density at radius 2 is 1.81 bits per heavy atom. The normalized spacial score (nSPS) is 12.3. The van der Waals surface area contributed by atoms with E-state index < -0.39 is 5.82 Å². The van der Waals surface area contributed by atoms with Gasteiger partial charge < -0.3 is 15.8 Å². The molecule has 0 heterocycles. The van der Waals surface area contributed by atoms with Crippen molar-refractivity contribution in [2.75, 3.05) is 17.7 Å². The zero-order valence-corrected chi connectivity index (χ0v) is 14.1. The highest BCUT2D eigenvalue weighted by atomic mass is 19.1. The second kappa shape index (κ2) is 6.54. The fourth-order valence-corrected chi connectivity index (χ4v) is 2.73. The molecule has 0 aliphatic heterocycles. The van der Waals surface area contributed by atoms with Crippen LogP contribution in [0.4, 0.5) is 15.8 Å². The molecule has 0 aliphatic carbocycles. The summed E-state index contributed by atoms with van der Waals surface area (Å²) in [4.78, 5) is 0. The van der Waals surface area contributed by atoms with Crippen LogP contribution in [0.25, 0.3) is 0 Å². The monoisotopic (exact) mass is 296 g/mol. The van der Waals surface area contributed by atoms with Crippen LogP contribution in [0.5, 0.6) is 5.75 Å². The number of hydrogen-bond donors (Lipinski definition) is 2. The summed E-state index contributed by atoms with van der Waals surface area (Å²) in [6, 6.07) is 2.98. The van der Waals surface area contributed by atoms with Gasteiger partial charge in [0.05, 0.1) is 18.0 Å². The third-order valence-electron chi connectivity index (χ3n) is 3.01. The van der Waals surface area contributed by atoms with Crippen LogP contribution in [0.3, 0.4) is 0 Å². The Labute approximate surface area is 128 Å². The predicted molar refractivity (Wildman–Crippen MR) is 88.4 cm³/mol. The molecule has 0 aromatic heterocycles. The lowest BCUT2D eigenvalue weighted by Gasteiger charge is -2.34. The summed E-state index contributed by atoms with van der Waals surface area (Å²) < 4.78 is 19.3. The summed E-state index contributed by atoms with van der Waals surface area (Å²) in [5, 5.41) is 3.42. The highest BCUT2D eigenvalue weighted by Gasteiger charge is 2.26. The number of nitrogen functional groups attached to an aromatic ring is 1. The van der Waals surface area contributed by atoms with E-state index >= 15 is 0 Å². The van der Waals surface area contributed by atoms with Gasteiger partial charge in [-0.05, 0) is 32.1 Å². The first-order chi connectivity index (χ1) is 9.54. The molecule has 0 radical (unpaired) electrons. The largest absolute Gasteiger partial charge is 0.490 e. The van der Waals surface area contributed by atoms with Gasteiger partial charge in [0.2, 0.25) is 0 Å². The molecule has 120 valence electrons. The van der Waals surface area contributed by atoms with Crippen molar-refractivity contribution in [2.24, 2.45) is 5.41 Å². The van der Waals surface area contributed by atoms with Gasteiger partial charge in [0, 0.05) is 17.7 Å². The number of nitrogens with two attached hydrogens (primary N) is 1. The third kappa shape index (κ3) is 5.82. The number of hydrogen-bond acceptors (Lipinski definition) is 3. The van der Waals surface area contributed by atoms with Crippen LogP contribution in [-0.4, -0.2) is 12.1 Å². The molecule has 1 rings (SSSR count). The maximum absolute atomic E-state index is 13.8. The predicted octanol–water partition coefficient (Wildman–Crippen LogP) is 4.82. The van der Waals surface area contributed by atoms with E-state index in [0.717, 1.165) is 18.5 Å².